The predicted molar refractivity (Wildman–Crippen MR) is 265 cm³/mol. The Kier molecular flexibility index (Phi) is 47.5. The van der Waals surface area contributed by atoms with E-state index in [4.69, 9.17) is 14.2 Å². The average Bonchev–Trinajstić information content (AvgIpc) is 3.27. The third kappa shape index (κ3) is 47.6. The van der Waals surface area contributed by atoms with E-state index in [1.807, 2.05) is 0 Å². The minimum Gasteiger partial charge on any atom is -0.462 e. The fourth-order valence-electron chi connectivity index (χ4n) is 6.74. The Labute approximate surface area is 382 Å². The van der Waals surface area contributed by atoms with Crippen molar-refractivity contribution in [1.29, 1.82) is 0 Å². The third-order valence-electron chi connectivity index (χ3n) is 10.6. The van der Waals surface area contributed by atoms with Crippen LogP contribution in [0.25, 0.3) is 0 Å². The maximum Gasteiger partial charge on any atom is 0.306 e. The van der Waals surface area contributed by atoms with Crippen LogP contribution in [0.4, 0.5) is 0 Å². The first kappa shape index (κ1) is 58.6. The number of carbonyl (C=O) groups is 3. The molecule has 0 aliphatic rings. The lowest BCUT2D eigenvalue weighted by molar-refractivity contribution is -0.167. The summed E-state index contributed by atoms with van der Waals surface area (Å²) in [6.07, 6.45) is 64.2. The van der Waals surface area contributed by atoms with Crippen molar-refractivity contribution in [3.05, 3.63) is 85.1 Å². The van der Waals surface area contributed by atoms with E-state index in [-0.39, 0.29) is 31.1 Å². The molecule has 0 fully saturated rings. The van der Waals surface area contributed by atoms with Gasteiger partial charge >= 0.3 is 17.9 Å². The number of ether oxygens (including phenoxy) is 3. The van der Waals surface area contributed by atoms with Crippen LogP contribution in [0.3, 0.4) is 0 Å². The maximum atomic E-state index is 12.8. The van der Waals surface area contributed by atoms with E-state index in [2.05, 4.69) is 106 Å². The molecule has 62 heavy (non-hydrogen) atoms. The van der Waals surface area contributed by atoms with Gasteiger partial charge in [0, 0.05) is 19.3 Å². The van der Waals surface area contributed by atoms with Gasteiger partial charge in [-0.25, -0.2) is 0 Å². The zero-order chi connectivity index (χ0) is 45.1. The molecule has 0 aliphatic heterocycles. The van der Waals surface area contributed by atoms with Crippen molar-refractivity contribution in [2.75, 3.05) is 13.2 Å². The summed E-state index contributed by atoms with van der Waals surface area (Å²) in [5.74, 6) is -0.949. The molecule has 354 valence electrons. The molecule has 1 atom stereocenters. The van der Waals surface area contributed by atoms with Crippen LogP contribution in [0.2, 0.25) is 0 Å². The highest BCUT2D eigenvalue weighted by Crippen LogP contribution is 2.13. The molecule has 0 heterocycles. The van der Waals surface area contributed by atoms with E-state index in [0.29, 0.717) is 19.3 Å². The third-order valence-corrected chi connectivity index (χ3v) is 10.6. The molecule has 0 aromatic rings. The fraction of sp³-hybridized carbons (Fsp3) is 0.696. The highest BCUT2D eigenvalue weighted by Gasteiger charge is 2.19. The van der Waals surface area contributed by atoms with Gasteiger partial charge in [-0.15, -0.1) is 0 Å². The Bertz CT molecular complexity index is 1220. The molecule has 0 saturated carbocycles. The van der Waals surface area contributed by atoms with Crippen LogP contribution < -0.4 is 0 Å². The normalized spacial score (nSPS) is 12.8. The quantitative estimate of drug-likeness (QED) is 0.0263. The van der Waals surface area contributed by atoms with Crippen LogP contribution in [-0.2, 0) is 28.6 Å². The summed E-state index contributed by atoms with van der Waals surface area (Å²) in [6, 6.07) is 0. The average molecular weight is 863 g/mol. The minimum atomic E-state index is -0.797. The molecule has 0 N–H and O–H groups in total. The maximum absolute atomic E-state index is 12.8. The lowest BCUT2D eigenvalue weighted by atomic mass is 10.1. The highest BCUT2D eigenvalue weighted by molar-refractivity contribution is 5.71. The molecule has 0 saturated heterocycles. The first-order valence-electron chi connectivity index (χ1n) is 25.6. The molecule has 0 aliphatic carbocycles. The Hall–Kier alpha value is -3.41. The van der Waals surface area contributed by atoms with Crippen LogP contribution in [0, 0.1) is 0 Å². The van der Waals surface area contributed by atoms with Crippen LogP contribution >= 0.6 is 0 Å². The van der Waals surface area contributed by atoms with Gasteiger partial charge in [-0.05, 0) is 109 Å². The highest BCUT2D eigenvalue weighted by atomic mass is 16.6. The van der Waals surface area contributed by atoms with Gasteiger partial charge < -0.3 is 14.2 Å². The SMILES string of the molecule is CC/C=C\C/C=C\C/C=C\C/C=C\C/C=C\CCCCCC(=O)OC[C@@H](COC(=O)CCCCCCC/C=C\CCCC)OC(=O)CCCCCCC/C=C\CCCCCCC. The zero-order valence-electron chi connectivity index (χ0n) is 40.4. The lowest BCUT2D eigenvalue weighted by Crippen LogP contribution is -2.30. The van der Waals surface area contributed by atoms with Gasteiger partial charge in [-0.2, -0.15) is 0 Å². The first-order valence-corrected chi connectivity index (χ1v) is 25.6. The number of rotatable bonds is 45. The van der Waals surface area contributed by atoms with Crippen LogP contribution in [0.15, 0.2) is 85.1 Å². The van der Waals surface area contributed by atoms with Gasteiger partial charge in [0.2, 0.25) is 0 Å². The second kappa shape index (κ2) is 50.2. The molecule has 0 bridgehead atoms. The smallest absolute Gasteiger partial charge is 0.306 e. The van der Waals surface area contributed by atoms with Gasteiger partial charge in [-0.1, -0.05) is 189 Å². The Morgan fingerprint density at radius 2 is 0.645 bits per heavy atom. The Balaban J connectivity index is 4.45. The predicted octanol–water partition coefficient (Wildman–Crippen LogP) is 16.8. The molecule has 0 aromatic carbocycles. The van der Waals surface area contributed by atoms with Gasteiger partial charge in [0.25, 0.3) is 0 Å². The van der Waals surface area contributed by atoms with Crippen LogP contribution in [0.5, 0.6) is 0 Å². The fourth-order valence-corrected chi connectivity index (χ4v) is 6.74. The Morgan fingerprint density at radius 1 is 0.339 bits per heavy atom. The number of hydrogen-bond acceptors (Lipinski definition) is 6. The van der Waals surface area contributed by atoms with Gasteiger partial charge in [-0.3, -0.25) is 14.4 Å². The largest absolute Gasteiger partial charge is 0.462 e. The summed E-state index contributed by atoms with van der Waals surface area (Å²) in [4.78, 5) is 37.9. The van der Waals surface area contributed by atoms with E-state index in [0.717, 1.165) is 122 Å². The number of allylic oxidation sites excluding steroid dienone is 14. The van der Waals surface area contributed by atoms with Gasteiger partial charge in [0.15, 0.2) is 6.10 Å². The Morgan fingerprint density at radius 3 is 1.06 bits per heavy atom. The molecule has 0 spiro atoms. The molecule has 0 radical (unpaired) electrons. The number of esters is 3. The number of carbonyl (C=O) groups excluding carboxylic acids is 3. The molecule has 0 rings (SSSR count). The number of unbranched alkanes of at least 4 members (excludes halogenated alkanes) is 20. The van der Waals surface area contributed by atoms with Crippen molar-refractivity contribution in [3.63, 3.8) is 0 Å². The van der Waals surface area contributed by atoms with E-state index in [1.54, 1.807) is 0 Å². The van der Waals surface area contributed by atoms with E-state index in [1.165, 1.54) is 70.6 Å². The molecule has 0 aromatic heterocycles. The molecule has 6 nitrogen and oxygen atoms in total. The first-order chi connectivity index (χ1) is 30.5. The lowest BCUT2D eigenvalue weighted by Gasteiger charge is -2.18. The molecular weight excluding hydrogens is 769 g/mol. The summed E-state index contributed by atoms with van der Waals surface area (Å²) in [6.45, 7) is 6.42. The minimum absolute atomic E-state index is 0.0955. The van der Waals surface area contributed by atoms with E-state index < -0.39 is 6.10 Å². The topological polar surface area (TPSA) is 78.9 Å². The second-order valence-corrected chi connectivity index (χ2v) is 16.7. The van der Waals surface area contributed by atoms with Crippen molar-refractivity contribution < 1.29 is 28.6 Å². The summed E-state index contributed by atoms with van der Waals surface area (Å²) in [5, 5.41) is 0. The van der Waals surface area contributed by atoms with Crippen molar-refractivity contribution in [2.24, 2.45) is 0 Å². The molecule has 0 amide bonds. The molecular formula is C56H94O6. The second-order valence-electron chi connectivity index (χ2n) is 16.7. The molecule has 0 unspecified atom stereocenters. The summed E-state index contributed by atoms with van der Waals surface area (Å²) >= 11 is 0. The zero-order valence-corrected chi connectivity index (χ0v) is 40.4. The summed E-state index contributed by atoms with van der Waals surface area (Å²) in [5.41, 5.74) is 0. The standard InChI is InChI=1S/C56H94O6/c1-4-7-10-13-16-19-22-24-26-27-28-29-30-32-34-37-40-43-46-49-55(58)61-52-53(51-60-54(57)48-45-42-39-36-33-21-18-15-12-9-6-3)62-56(59)50-47-44-41-38-35-31-25-23-20-17-14-11-8-5-2/h7,10,15-16,18-19,23-26,28-29,32,34,53H,4-6,8-9,11-14,17,20-22,27,30-31,33,35-52H2,1-3H3/b10-7-,18-15-,19-16-,25-23-,26-24-,29-28-,34-32-/t53-/m1/s1. The van der Waals surface area contributed by atoms with Crippen LogP contribution in [-0.4, -0.2) is 37.2 Å². The van der Waals surface area contributed by atoms with Crippen molar-refractivity contribution >= 4 is 17.9 Å². The van der Waals surface area contributed by atoms with Crippen molar-refractivity contribution in [3.8, 4) is 0 Å². The van der Waals surface area contributed by atoms with Crippen molar-refractivity contribution in [2.45, 2.75) is 239 Å². The van der Waals surface area contributed by atoms with E-state index in [9.17, 15) is 14.4 Å². The summed E-state index contributed by atoms with van der Waals surface area (Å²) in [7, 11) is 0. The van der Waals surface area contributed by atoms with E-state index >= 15 is 0 Å². The molecule has 6 heteroatoms. The van der Waals surface area contributed by atoms with Crippen molar-refractivity contribution in [1.82, 2.24) is 0 Å². The monoisotopic (exact) mass is 863 g/mol. The number of hydrogen-bond donors (Lipinski definition) is 0. The van der Waals surface area contributed by atoms with Crippen LogP contribution in [0.1, 0.15) is 233 Å². The van der Waals surface area contributed by atoms with Gasteiger partial charge in [0.1, 0.15) is 13.2 Å². The van der Waals surface area contributed by atoms with Gasteiger partial charge in [0.05, 0.1) is 0 Å². The summed E-state index contributed by atoms with van der Waals surface area (Å²) < 4.78 is 16.7.